The van der Waals surface area contributed by atoms with Crippen LogP contribution in [0.5, 0.6) is 0 Å². The monoisotopic (exact) mass is 617 g/mol. The maximum atomic E-state index is 12.0. The first-order valence-electron chi connectivity index (χ1n) is 13.9. The molecule has 40 heavy (non-hydrogen) atoms. The van der Waals surface area contributed by atoms with Crippen LogP contribution in [0.15, 0.2) is 0 Å². The Hall–Kier alpha value is -2.29. The van der Waals surface area contributed by atoms with Crippen LogP contribution >= 0.6 is 0 Å². The molecular weight excluding hydrogens is 568 g/mol. The molecule has 0 saturated carbocycles. The zero-order valence-corrected chi connectivity index (χ0v) is 24.8. The van der Waals surface area contributed by atoms with Gasteiger partial charge < -0.3 is 16.4 Å². The molecule has 0 rings (SSSR count). The van der Waals surface area contributed by atoms with Gasteiger partial charge in [0.1, 0.15) is 0 Å². The second-order valence-corrected chi connectivity index (χ2v) is 9.41. The summed E-state index contributed by atoms with van der Waals surface area (Å²) in [5.74, 6) is -2.02. The van der Waals surface area contributed by atoms with E-state index in [2.05, 4.69) is 16.4 Å². The Morgan fingerprint density at radius 1 is 0.575 bits per heavy atom. The van der Waals surface area contributed by atoms with Crippen LogP contribution in [-0.4, -0.2) is 99.6 Å². The van der Waals surface area contributed by atoms with Gasteiger partial charge in [0.15, 0.2) is 0 Å². The number of amides is 5. The van der Waals surface area contributed by atoms with E-state index in [9.17, 15) is 39.6 Å². The molecule has 14 nitrogen and oxygen atoms in total. The summed E-state index contributed by atoms with van der Waals surface area (Å²) in [6, 6.07) is 0. The first-order chi connectivity index (χ1) is 18.6. The van der Waals surface area contributed by atoms with E-state index in [1.807, 2.05) is 0 Å². The van der Waals surface area contributed by atoms with Crippen molar-refractivity contribution in [3.8, 4) is 0 Å². The molecule has 8 N–H and O–H groups in total. The van der Waals surface area contributed by atoms with Gasteiger partial charge in [-0.3, -0.25) is 39.6 Å². The van der Waals surface area contributed by atoms with Crippen LogP contribution in [0.25, 0.3) is 0 Å². The standard InChI is InChI=1S/C25H48N6O8.Fe/c1-21(32)29(37)18-9-3-6-16-27-22(33)12-14-25(36)31(39)20-10-4-7-17-28-23(34)11-13-24(35)30(38)19-8-2-5-15-26;/h37-39H,2-20,26H2,1H3,(H,27,33)(H,28,34);/p+1. The zero-order chi connectivity index (χ0) is 29.5. The summed E-state index contributed by atoms with van der Waals surface area (Å²) in [5, 5.41) is 36.1. The maximum absolute atomic E-state index is 12.0. The van der Waals surface area contributed by atoms with Crippen molar-refractivity contribution in [1.82, 2.24) is 25.8 Å². The van der Waals surface area contributed by atoms with Crippen molar-refractivity contribution in [2.75, 3.05) is 39.3 Å². The Labute approximate surface area is 247 Å². The average Bonchev–Trinajstić information content (AvgIpc) is 2.91. The minimum atomic E-state index is -0.546. The third-order valence-electron chi connectivity index (χ3n) is 5.93. The SMILES string of the molecule is CC(=O)N(O)CCCCCNC(=O)CCC(=O)N(O)CCCCCNC(=O)CCC(=O)N(O)CCCCC[NH3+].[Fe]. The van der Waals surface area contributed by atoms with Gasteiger partial charge in [-0.1, -0.05) is 0 Å². The summed E-state index contributed by atoms with van der Waals surface area (Å²) in [6.45, 7) is 3.51. The number of carbonyl (C=O) groups is 5. The van der Waals surface area contributed by atoms with Gasteiger partial charge in [-0.2, -0.15) is 0 Å². The van der Waals surface area contributed by atoms with Crippen molar-refractivity contribution in [3.05, 3.63) is 0 Å². The third-order valence-corrected chi connectivity index (χ3v) is 5.93. The van der Waals surface area contributed by atoms with Crippen LogP contribution in [0, 0.1) is 0 Å². The van der Waals surface area contributed by atoms with Gasteiger partial charge in [-0.05, 0) is 57.8 Å². The van der Waals surface area contributed by atoms with E-state index in [1.54, 1.807) is 0 Å². The molecule has 0 aromatic heterocycles. The van der Waals surface area contributed by atoms with Crippen molar-refractivity contribution >= 4 is 29.5 Å². The van der Waals surface area contributed by atoms with Crippen molar-refractivity contribution in [2.24, 2.45) is 0 Å². The average molecular weight is 618 g/mol. The number of quaternary nitrogens is 1. The molecule has 0 spiro atoms. The molecule has 0 atom stereocenters. The Kier molecular flexibility index (Phi) is 25.6. The van der Waals surface area contributed by atoms with E-state index in [-0.39, 0.29) is 74.2 Å². The number of hydrogen-bond acceptors (Lipinski definition) is 8. The Bertz CT molecular complexity index is 746. The number of rotatable bonds is 23. The normalized spacial score (nSPS) is 10.3. The summed E-state index contributed by atoms with van der Waals surface area (Å²) in [7, 11) is 0. The number of hydrogen-bond donors (Lipinski definition) is 6. The van der Waals surface area contributed by atoms with E-state index in [4.69, 9.17) is 0 Å². The van der Waals surface area contributed by atoms with Gasteiger partial charge in [0.05, 0.1) is 6.54 Å². The van der Waals surface area contributed by atoms with Crippen molar-refractivity contribution in [2.45, 2.75) is 90.4 Å². The smallest absolute Gasteiger partial charge is 0.246 e. The second-order valence-electron chi connectivity index (χ2n) is 9.41. The van der Waals surface area contributed by atoms with Gasteiger partial charge in [-0.25, -0.2) is 15.2 Å². The zero-order valence-electron chi connectivity index (χ0n) is 23.7. The van der Waals surface area contributed by atoms with Gasteiger partial charge in [0.2, 0.25) is 29.5 Å². The maximum Gasteiger partial charge on any atom is 0.246 e. The van der Waals surface area contributed by atoms with Crippen LogP contribution in [0.4, 0.5) is 0 Å². The van der Waals surface area contributed by atoms with Crippen LogP contribution in [0.2, 0.25) is 0 Å². The van der Waals surface area contributed by atoms with Crippen LogP contribution in [0.1, 0.15) is 90.4 Å². The minimum Gasteiger partial charge on any atom is -0.358 e. The van der Waals surface area contributed by atoms with Crippen molar-refractivity contribution in [1.29, 1.82) is 0 Å². The fraction of sp³-hybridized carbons (Fsp3) is 0.800. The number of hydroxylamine groups is 6. The van der Waals surface area contributed by atoms with Crippen LogP contribution in [-0.2, 0) is 41.0 Å². The summed E-state index contributed by atoms with van der Waals surface area (Å²) in [5.41, 5.74) is 3.74. The molecule has 5 amide bonds. The number of unbranched alkanes of at least 4 members (excludes halogenated alkanes) is 6. The molecule has 0 fully saturated rings. The first-order valence-corrected chi connectivity index (χ1v) is 13.9. The molecule has 0 aromatic carbocycles. The Balaban J connectivity index is 0. The fourth-order valence-corrected chi connectivity index (χ4v) is 3.48. The van der Waals surface area contributed by atoms with Crippen LogP contribution < -0.4 is 16.4 Å². The molecule has 0 aliphatic carbocycles. The number of nitrogens with one attached hydrogen (secondary N) is 2. The molecule has 0 aliphatic rings. The Morgan fingerprint density at radius 2 is 0.950 bits per heavy atom. The van der Waals surface area contributed by atoms with E-state index < -0.39 is 17.7 Å². The summed E-state index contributed by atoms with van der Waals surface area (Å²) in [4.78, 5) is 58.4. The third kappa shape index (κ3) is 22.5. The molecule has 0 heterocycles. The number of carbonyl (C=O) groups excluding carboxylic acids is 5. The first kappa shape index (κ1) is 39.9. The topological polar surface area (TPSA) is 207 Å². The van der Waals surface area contributed by atoms with E-state index in [1.165, 1.54) is 6.92 Å². The van der Waals surface area contributed by atoms with Gasteiger partial charge >= 0.3 is 0 Å². The van der Waals surface area contributed by atoms with E-state index in [0.29, 0.717) is 66.8 Å². The molecule has 0 unspecified atom stereocenters. The minimum absolute atomic E-state index is 0. The summed E-state index contributed by atoms with van der Waals surface area (Å²) in [6.07, 6.45) is 6.09. The van der Waals surface area contributed by atoms with Crippen molar-refractivity contribution < 1.29 is 62.4 Å². The van der Waals surface area contributed by atoms with Crippen LogP contribution in [0.3, 0.4) is 0 Å². The van der Waals surface area contributed by atoms with Gasteiger partial charge in [0, 0.05) is 82.4 Å². The predicted molar refractivity (Wildman–Crippen MR) is 140 cm³/mol. The largest absolute Gasteiger partial charge is 0.358 e. The predicted octanol–water partition coefficient (Wildman–Crippen LogP) is 0.203. The van der Waals surface area contributed by atoms with E-state index in [0.717, 1.165) is 25.8 Å². The molecule has 0 bridgehead atoms. The fourth-order valence-electron chi connectivity index (χ4n) is 3.48. The Morgan fingerprint density at radius 3 is 1.32 bits per heavy atom. The molecule has 0 aliphatic heterocycles. The van der Waals surface area contributed by atoms with Gasteiger partial charge in [0.25, 0.3) is 0 Å². The summed E-state index contributed by atoms with van der Waals surface area (Å²) < 4.78 is 0. The molecule has 15 heteroatoms. The van der Waals surface area contributed by atoms with Gasteiger partial charge in [-0.15, -0.1) is 0 Å². The molecular formula is C25H49FeN6O8+. The molecule has 0 radical (unpaired) electrons. The molecule has 0 saturated heterocycles. The van der Waals surface area contributed by atoms with E-state index >= 15 is 0 Å². The van der Waals surface area contributed by atoms with Crippen molar-refractivity contribution in [3.63, 3.8) is 0 Å². The molecule has 234 valence electrons. The number of nitrogens with zero attached hydrogens (tertiary/aromatic N) is 3. The second kappa shape index (κ2) is 25.7. The molecule has 0 aromatic rings. The quantitative estimate of drug-likeness (QED) is 0.0403. The summed E-state index contributed by atoms with van der Waals surface area (Å²) >= 11 is 0.